The summed E-state index contributed by atoms with van der Waals surface area (Å²) in [7, 11) is 3.14. The van der Waals surface area contributed by atoms with Gasteiger partial charge in [-0.2, -0.15) is 0 Å². The average molecular weight is 554 g/mol. The number of thiazole rings is 1. The van der Waals surface area contributed by atoms with Crippen molar-refractivity contribution >= 4 is 62.7 Å². The van der Waals surface area contributed by atoms with Gasteiger partial charge in [0.05, 0.1) is 19.1 Å². The van der Waals surface area contributed by atoms with Crippen LogP contribution in [0.2, 0.25) is 0 Å². The van der Waals surface area contributed by atoms with Gasteiger partial charge in [-0.15, -0.1) is 11.3 Å². The zero-order valence-corrected chi connectivity index (χ0v) is 23.2. The van der Waals surface area contributed by atoms with Gasteiger partial charge in [0.25, 0.3) is 5.91 Å². The second kappa shape index (κ2) is 12.4. The van der Waals surface area contributed by atoms with Gasteiger partial charge in [-0.3, -0.25) is 14.5 Å². The van der Waals surface area contributed by atoms with Crippen molar-refractivity contribution in [1.29, 1.82) is 0 Å². The van der Waals surface area contributed by atoms with Crippen LogP contribution in [0.25, 0.3) is 6.08 Å². The van der Waals surface area contributed by atoms with Crippen molar-refractivity contribution in [2.45, 2.75) is 26.2 Å². The summed E-state index contributed by atoms with van der Waals surface area (Å²) in [4.78, 5) is 32.9. The number of methoxy groups -OCH3 is 2. The molecule has 2 amide bonds. The number of hydrogen-bond donors (Lipinski definition) is 1. The fourth-order valence-corrected chi connectivity index (χ4v) is 6.01. The van der Waals surface area contributed by atoms with Crippen LogP contribution in [-0.4, -0.2) is 46.8 Å². The van der Waals surface area contributed by atoms with Crippen LogP contribution < -0.4 is 14.8 Å². The summed E-state index contributed by atoms with van der Waals surface area (Å²) in [6.45, 7) is 2.44. The number of carbonyl (C=O) groups excluding carboxylic acids is 2. The van der Waals surface area contributed by atoms with E-state index < -0.39 is 0 Å². The number of carbonyl (C=O) groups is 2. The molecule has 4 rings (SSSR count). The number of nitrogens with zero attached hydrogens (tertiary/aromatic N) is 2. The molecule has 10 heteroatoms. The summed E-state index contributed by atoms with van der Waals surface area (Å²) in [6, 6.07) is 13.8. The van der Waals surface area contributed by atoms with Crippen molar-refractivity contribution in [3.8, 4) is 11.5 Å². The minimum Gasteiger partial charge on any atom is -0.493 e. The molecular formula is C27H27N3O4S3. The maximum atomic E-state index is 12.9. The molecule has 0 saturated carbocycles. The quantitative estimate of drug-likeness (QED) is 0.256. The largest absolute Gasteiger partial charge is 0.493 e. The molecule has 37 heavy (non-hydrogen) atoms. The molecule has 1 fully saturated rings. The Balaban J connectivity index is 1.27. The SMILES string of the molecule is COc1ccc(C=C2SC(=S)N(CCCC(=O)Nc3ncc(Cc4cccc(C)c4)s3)C2=O)cc1OC. The number of amides is 2. The molecule has 0 aliphatic carbocycles. The molecule has 0 unspecified atom stereocenters. The molecule has 0 atom stereocenters. The van der Waals surface area contributed by atoms with Crippen molar-refractivity contribution in [3.63, 3.8) is 0 Å². The van der Waals surface area contributed by atoms with Gasteiger partial charge in [-0.05, 0) is 42.7 Å². The molecule has 7 nitrogen and oxygen atoms in total. The van der Waals surface area contributed by atoms with E-state index in [-0.39, 0.29) is 18.2 Å². The van der Waals surface area contributed by atoms with Crippen molar-refractivity contribution in [1.82, 2.24) is 9.88 Å². The molecule has 2 aromatic carbocycles. The van der Waals surface area contributed by atoms with E-state index in [1.165, 1.54) is 34.2 Å². The van der Waals surface area contributed by atoms with Crippen LogP contribution in [0.3, 0.4) is 0 Å². The van der Waals surface area contributed by atoms with Gasteiger partial charge in [-0.1, -0.05) is 59.9 Å². The smallest absolute Gasteiger partial charge is 0.266 e. The second-order valence-corrected chi connectivity index (χ2v) is 11.2. The van der Waals surface area contributed by atoms with E-state index in [1.54, 1.807) is 43.5 Å². The number of anilines is 1. The summed E-state index contributed by atoms with van der Waals surface area (Å²) in [5.41, 5.74) is 3.24. The third kappa shape index (κ3) is 6.97. The van der Waals surface area contributed by atoms with E-state index >= 15 is 0 Å². The predicted molar refractivity (Wildman–Crippen MR) is 153 cm³/mol. The molecule has 0 spiro atoms. The van der Waals surface area contributed by atoms with Gasteiger partial charge in [0, 0.05) is 30.5 Å². The van der Waals surface area contributed by atoms with Gasteiger partial charge >= 0.3 is 0 Å². The third-order valence-corrected chi connectivity index (χ3v) is 7.92. The first-order chi connectivity index (χ1) is 17.9. The maximum Gasteiger partial charge on any atom is 0.266 e. The lowest BCUT2D eigenvalue weighted by molar-refractivity contribution is -0.122. The Morgan fingerprint density at radius 2 is 1.97 bits per heavy atom. The first-order valence-electron chi connectivity index (χ1n) is 11.6. The number of aryl methyl sites for hydroxylation is 1. The number of ether oxygens (including phenoxy) is 2. The van der Waals surface area contributed by atoms with E-state index in [2.05, 4.69) is 35.4 Å². The highest BCUT2D eigenvalue weighted by Gasteiger charge is 2.31. The van der Waals surface area contributed by atoms with Gasteiger partial charge < -0.3 is 14.8 Å². The fourth-order valence-electron chi connectivity index (χ4n) is 3.84. The number of nitrogens with one attached hydrogen (secondary N) is 1. The van der Waals surface area contributed by atoms with Crippen LogP contribution in [0.4, 0.5) is 5.13 Å². The van der Waals surface area contributed by atoms with Gasteiger partial charge in [0.2, 0.25) is 5.91 Å². The monoisotopic (exact) mass is 553 g/mol. The molecular weight excluding hydrogens is 527 g/mol. The Morgan fingerprint density at radius 3 is 2.73 bits per heavy atom. The first kappa shape index (κ1) is 26.8. The van der Waals surface area contributed by atoms with E-state index in [1.807, 2.05) is 12.1 Å². The van der Waals surface area contributed by atoms with E-state index in [4.69, 9.17) is 21.7 Å². The van der Waals surface area contributed by atoms with E-state index in [0.29, 0.717) is 38.8 Å². The summed E-state index contributed by atoms with van der Waals surface area (Å²) in [5, 5.41) is 3.44. The number of thioether (sulfide) groups is 1. The molecule has 192 valence electrons. The lowest BCUT2D eigenvalue weighted by Gasteiger charge is -2.13. The lowest BCUT2D eigenvalue weighted by Crippen LogP contribution is -2.29. The van der Waals surface area contributed by atoms with E-state index in [0.717, 1.165) is 16.9 Å². The molecule has 1 aromatic heterocycles. The van der Waals surface area contributed by atoms with Crippen LogP contribution in [0.15, 0.2) is 53.6 Å². The number of hydrogen-bond acceptors (Lipinski definition) is 8. The van der Waals surface area contributed by atoms with Gasteiger partial charge in [0.1, 0.15) is 4.32 Å². The van der Waals surface area contributed by atoms with Gasteiger partial charge in [0.15, 0.2) is 16.6 Å². The first-order valence-corrected chi connectivity index (χ1v) is 13.7. The topological polar surface area (TPSA) is 80.8 Å². The van der Waals surface area contributed by atoms with Crippen molar-refractivity contribution in [2.24, 2.45) is 0 Å². The van der Waals surface area contributed by atoms with E-state index in [9.17, 15) is 9.59 Å². The molecule has 1 saturated heterocycles. The third-order valence-electron chi connectivity index (χ3n) is 5.63. The van der Waals surface area contributed by atoms with Crippen LogP contribution >= 0.6 is 35.3 Å². The fraction of sp³-hybridized carbons (Fsp3) is 0.259. The standard InChI is InChI=1S/C27H27N3O4S3/c1-17-6-4-7-18(12-17)13-20-16-28-26(36-20)29-24(31)8-5-11-30-25(32)23(37-27(30)35)15-19-9-10-21(33-2)22(14-19)34-3/h4,6-7,9-10,12,14-16H,5,8,11,13H2,1-3H3,(H,28,29,31). The maximum absolute atomic E-state index is 12.9. The van der Waals surface area contributed by atoms with Crippen LogP contribution in [-0.2, 0) is 16.0 Å². The molecule has 1 aliphatic rings. The number of thiocarbonyl (C=S) groups is 1. The molecule has 3 aromatic rings. The number of benzene rings is 2. The minimum absolute atomic E-state index is 0.136. The average Bonchev–Trinajstić information content (AvgIpc) is 3.42. The van der Waals surface area contributed by atoms with Crippen LogP contribution in [0, 0.1) is 6.92 Å². The Bertz CT molecular complexity index is 1350. The zero-order valence-electron chi connectivity index (χ0n) is 20.8. The predicted octanol–water partition coefficient (Wildman–Crippen LogP) is 5.68. The highest BCUT2D eigenvalue weighted by atomic mass is 32.2. The van der Waals surface area contributed by atoms with Crippen LogP contribution in [0.1, 0.15) is 34.4 Å². The van der Waals surface area contributed by atoms with Crippen molar-refractivity contribution in [3.05, 3.63) is 75.1 Å². The Kier molecular flexibility index (Phi) is 8.96. The van der Waals surface area contributed by atoms with Crippen LogP contribution in [0.5, 0.6) is 11.5 Å². The number of rotatable bonds is 10. The summed E-state index contributed by atoms with van der Waals surface area (Å²) >= 11 is 8.15. The molecule has 1 N–H and O–H groups in total. The second-order valence-electron chi connectivity index (χ2n) is 8.40. The normalized spacial score (nSPS) is 14.4. The number of aromatic nitrogens is 1. The molecule has 1 aliphatic heterocycles. The van der Waals surface area contributed by atoms with Gasteiger partial charge in [-0.25, -0.2) is 4.98 Å². The highest BCUT2D eigenvalue weighted by Crippen LogP contribution is 2.35. The molecule has 0 radical (unpaired) electrons. The lowest BCUT2D eigenvalue weighted by atomic mass is 10.1. The molecule has 0 bridgehead atoms. The summed E-state index contributed by atoms with van der Waals surface area (Å²) in [5.74, 6) is 0.902. The zero-order chi connectivity index (χ0) is 26.4. The highest BCUT2D eigenvalue weighted by molar-refractivity contribution is 8.26. The summed E-state index contributed by atoms with van der Waals surface area (Å²) in [6.07, 6.45) is 5.11. The van der Waals surface area contributed by atoms with Crippen molar-refractivity contribution in [2.75, 3.05) is 26.1 Å². The molecule has 2 heterocycles. The Labute approximate surface area is 229 Å². The summed E-state index contributed by atoms with van der Waals surface area (Å²) < 4.78 is 11.1. The Hall–Kier alpha value is -3.21. The van der Waals surface area contributed by atoms with Crippen molar-refractivity contribution < 1.29 is 19.1 Å². The Morgan fingerprint density at radius 1 is 1.16 bits per heavy atom. The minimum atomic E-state index is -0.161.